The van der Waals surface area contributed by atoms with Gasteiger partial charge in [0.15, 0.2) is 0 Å². The van der Waals surface area contributed by atoms with Gasteiger partial charge in [0.2, 0.25) is 5.91 Å². The van der Waals surface area contributed by atoms with Gasteiger partial charge in [-0.15, -0.1) is 0 Å². The van der Waals surface area contributed by atoms with Gasteiger partial charge in [-0.3, -0.25) is 19.2 Å². The number of benzene rings is 1. The number of nitrogens with zero attached hydrogens (tertiary/aromatic N) is 2. The molecule has 2 saturated carbocycles. The molecule has 1 heterocycles. The molecule has 37 heavy (non-hydrogen) atoms. The molecule has 9 heteroatoms. The fourth-order valence-electron chi connectivity index (χ4n) is 5.77. The third-order valence-electron chi connectivity index (χ3n) is 7.71. The summed E-state index contributed by atoms with van der Waals surface area (Å²) in [5.74, 6) is -1.95. The van der Waals surface area contributed by atoms with Crippen LogP contribution in [0.4, 0.5) is 0 Å². The van der Waals surface area contributed by atoms with Crippen LogP contribution in [0.1, 0.15) is 74.6 Å². The highest BCUT2D eigenvalue weighted by molar-refractivity contribution is 6.45. The lowest BCUT2D eigenvalue weighted by Crippen LogP contribution is -2.54. The second kappa shape index (κ2) is 12.3. The van der Waals surface area contributed by atoms with Crippen LogP contribution in [0.3, 0.4) is 0 Å². The lowest BCUT2D eigenvalue weighted by atomic mass is 9.88. The van der Waals surface area contributed by atoms with Crippen molar-refractivity contribution in [2.75, 3.05) is 27.3 Å². The summed E-state index contributed by atoms with van der Waals surface area (Å²) in [6.45, 7) is -0.797. The number of aromatic nitrogens is 1. The molecule has 0 saturated heterocycles. The molecule has 2 aliphatic rings. The van der Waals surface area contributed by atoms with Gasteiger partial charge in [0.05, 0.1) is 19.8 Å². The van der Waals surface area contributed by atoms with Gasteiger partial charge in [0.25, 0.3) is 11.7 Å². The van der Waals surface area contributed by atoms with E-state index in [0.717, 1.165) is 56.3 Å². The molecule has 9 nitrogen and oxygen atoms in total. The van der Waals surface area contributed by atoms with Crippen LogP contribution in [0, 0.1) is 0 Å². The Hall–Kier alpha value is -3.36. The van der Waals surface area contributed by atoms with E-state index in [2.05, 4.69) is 4.98 Å². The van der Waals surface area contributed by atoms with Crippen molar-refractivity contribution in [3.05, 3.63) is 30.0 Å². The van der Waals surface area contributed by atoms with Gasteiger partial charge in [0, 0.05) is 35.2 Å². The summed E-state index contributed by atoms with van der Waals surface area (Å²) in [4.78, 5) is 58.7. The predicted molar refractivity (Wildman–Crippen MR) is 138 cm³/mol. The van der Waals surface area contributed by atoms with Crippen LogP contribution in [0.25, 0.3) is 10.9 Å². The summed E-state index contributed by atoms with van der Waals surface area (Å²) in [6.07, 6.45) is 11.9. The Morgan fingerprint density at radius 1 is 0.892 bits per heavy atom. The number of hydrogen-bond acceptors (Lipinski definition) is 6. The summed E-state index contributed by atoms with van der Waals surface area (Å²) >= 11 is 0. The summed E-state index contributed by atoms with van der Waals surface area (Å²) in [7, 11) is 2.77. The van der Waals surface area contributed by atoms with Crippen LogP contribution in [0.15, 0.2) is 24.4 Å². The summed E-state index contributed by atoms with van der Waals surface area (Å²) in [5, 5.41) is 0.564. The van der Waals surface area contributed by atoms with Crippen molar-refractivity contribution in [3.8, 4) is 5.75 Å². The van der Waals surface area contributed by atoms with Crippen molar-refractivity contribution in [1.82, 2.24) is 14.8 Å². The van der Waals surface area contributed by atoms with Crippen molar-refractivity contribution in [2.24, 2.45) is 0 Å². The van der Waals surface area contributed by atoms with E-state index in [1.807, 2.05) is 4.90 Å². The van der Waals surface area contributed by atoms with Crippen molar-refractivity contribution in [3.63, 3.8) is 0 Å². The molecule has 0 radical (unpaired) electrons. The number of carbonyl (C=O) groups excluding carboxylic acids is 4. The van der Waals surface area contributed by atoms with Crippen LogP contribution < -0.4 is 4.74 Å². The Morgan fingerprint density at radius 2 is 1.51 bits per heavy atom. The topological polar surface area (TPSA) is 109 Å². The minimum absolute atomic E-state index is 0.138. The zero-order chi connectivity index (χ0) is 26.4. The van der Waals surface area contributed by atoms with E-state index in [1.54, 1.807) is 25.3 Å². The number of H-pyrrole nitrogens is 1. The summed E-state index contributed by atoms with van der Waals surface area (Å²) < 4.78 is 10.0. The number of fused-ring (bicyclic) bond motifs is 1. The molecular weight excluding hydrogens is 474 g/mol. The smallest absolute Gasteiger partial charge is 0.325 e. The van der Waals surface area contributed by atoms with Crippen molar-refractivity contribution >= 4 is 34.5 Å². The SMILES string of the molecule is COC(=O)CN(CC(=O)N(C1CCCCC1)C1CCCCC1)C(=O)C(=O)c1c[nH]c2cc(OC)ccc12. The minimum atomic E-state index is -0.900. The molecule has 1 aromatic heterocycles. The standard InChI is InChI=1S/C28H37N3O6/c1-36-21-13-14-22-23(16-29-24(22)15-21)27(34)28(35)30(18-26(33)37-2)17-25(32)31(19-9-5-3-6-10-19)20-11-7-4-8-12-20/h13-16,19-20,29H,3-12,17-18H2,1-2H3. The molecule has 0 spiro atoms. The first-order chi connectivity index (χ1) is 17.9. The van der Waals surface area contributed by atoms with E-state index < -0.39 is 24.2 Å². The molecule has 2 amide bonds. The van der Waals surface area contributed by atoms with Crippen LogP contribution in [0.2, 0.25) is 0 Å². The Labute approximate surface area is 217 Å². The van der Waals surface area contributed by atoms with Gasteiger partial charge >= 0.3 is 5.97 Å². The van der Waals surface area contributed by atoms with Gasteiger partial charge < -0.3 is 24.3 Å². The molecule has 2 aliphatic carbocycles. The maximum atomic E-state index is 13.8. The molecule has 0 atom stereocenters. The zero-order valence-electron chi connectivity index (χ0n) is 21.8. The second-order valence-electron chi connectivity index (χ2n) is 10.1. The van der Waals surface area contributed by atoms with Gasteiger partial charge in [-0.1, -0.05) is 38.5 Å². The number of rotatable bonds is 9. The number of ketones is 1. The van der Waals surface area contributed by atoms with Crippen LogP contribution in [-0.4, -0.2) is 77.7 Å². The Bertz CT molecular complexity index is 1110. The van der Waals surface area contributed by atoms with Crippen LogP contribution in [0.5, 0.6) is 5.75 Å². The van der Waals surface area contributed by atoms with Gasteiger partial charge in [-0.05, 0) is 37.8 Å². The van der Waals surface area contributed by atoms with Gasteiger partial charge in [0.1, 0.15) is 18.8 Å². The maximum absolute atomic E-state index is 13.8. The third-order valence-corrected chi connectivity index (χ3v) is 7.71. The lowest BCUT2D eigenvalue weighted by Gasteiger charge is -2.42. The third kappa shape index (κ3) is 6.14. The number of esters is 1. The van der Waals surface area contributed by atoms with E-state index in [4.69, 9.17) is 9.47 Å². The zero-order valence-corrected chi connectivity index (χ0v) is 21.8. The number of carbonyl (C=O) groups is 4. The number of amides is 2. The number of methoxy groups -OCH3 is 2. The molecule has 2 aromatic rings. The quantitative estimate of drug-likeness (QED) is 0.311. The van der Waals surface area contributed by atoms with Crippen molar-refractivity contribution in [1.29, 1.82) is 0 Å². The van der Waals surface area contributed by atoms with E-state index in [9.17, 15) is 19.2 Å². The Balaban J connectivity index is 1.57. The van der Waals surface area contributed by atoms with Crippen LogP contribution in [-0.2, 0) is 19.1 Å². The normalized spacial score (nSPS) is 16.8. The van der Waals surface area contributed by atoms with Crippen molar-refractivity contribution in [2.45, 2.75) is 76.3 Å². The Morgan fingerprint density at radius 3 is 2.08 bits per heavy atom. The molecule has 4 rings (SSSR count). The molecule has 0 aliphatic heterocycles. The number of aromatic amines is 1. The fraction of sp³-hybridized carbons (Fsp3) is 0.571. The number of hydrogen-bond donors (Lipinski definition) is 1. The van der Waals surface area contributed by atoms with Gasteiger partial charge in [-0.2, -0.15) is 0 Å². The molecule has 2 fully saturated rings. The highest BCUT2D eigenvalue weighted by Gasteiger charge is 2.35. The molecule has 1 N–H and O–H groups in total. The molecule has 0 bridgehead atoms. The average Bonchev–Trinajstić information content (AvgIpc) is 3.36. The highest BCUT2D eigenvalue weighted by Crippen LogP contribution is 2.31. The number of nitrogens with one attached hydrogen (secondary N) is 1. The Kier molecular flexibility index (Phi) is 8.84. The molecule has 1 aromatic carbocycles. The van der Waals surface area contributed by atoms with Crippen LogP contribution >= 0.6 is 0 Å². The van der Waals surface area contributed by atoms with E-state index >= 15 is 0 Å². The number of Topliss-reactive ketones (excluding diaryl/α,β-unsaturated/α-hetero) is 1. The van der Waals surface area contributed by atoms with Gasteiger partial charge in [-0.25, -0.2) is 0 Å². The maximum Gasteiger partial charge on any atom is 0.325 e. The lowest BCUT2D eigenvalue weighted by molar-refractivity contribution is -0.149. The summed E-state index contributed by atoms with van der Waals surface area (Å²) in [6, 6.07) is 5.42. The first-order valence-electron chi connectivity index (χ1n) is 13.3. The minimum Gasteiger partial charge on any atom is -0.497 e. The largest absolute Gasteiger partial charge is 0.497 e. The highest BCUT2D eigenvalue weighted by atomic mass is 16.5. The van der Waals surface area contributed by atoms with E-state index in [1.165, 1.54) is 26.1 Å². The van der Waals surface area contributed by atoms with Crippen molar-refractivity contribution < 1.29 is 28.7 Å². The average molecular weight is 512 g/mol. The fourth-order valence-corrected chi connectivity index (χ4v) is 5.77. The van der Waals surface area contributed by atoms with E-state index in [-0.39, 0.29) is 30.1 Å². The first-order valence-corrected chi connectivity index (χ1v) is 13.3. The molecule has 200 valence electrons. The second-order valence-corrected chi connectivity index (χ2v) is 10.1. The summed E-state index contributed by atoms with van der Waals surface area (Å²) in [5.41, 5.74) is 0.827. The van der Waals surface area contributed by atoms with E-state index in [0.29, 0.717) is 16.7 Å². The molecular formula is C28H37N3O6. The number of ether oxygens (including phenoxy) is 2. The molecule has 0 unspecified atom stereocenters. The first kappa shape index (κ1) is 26.7. The monoisotopic (exact) mass is 511 g/mol. The predicted octanol–water partition coefficient (Wildman–Crippen LogP) is 3.85.